The zero-order chi connectivity index (χ0) is 16.2. The van der Waals surface area contributed by atoms with E-state index >= 15 is 0 Å². The molecule has 2 aromatic carbocycles. The largest absolute Gasteiger partial charge is 0.338 e. The quantitative estimate of drug-likeness (QED) is 0.648. The third-order valence-electron chi connectivity index (χ3n) is 3.42. The third-order valence-corrected chi connectivity index (χ3v) is 4.79. The minimum absolute atomic E-state index is 0.0795. The molecule has 0 aliphatic carbocycles. The number of amides is 1. The second-order valence-electron chi connectivity index (χ2n) is 5.14. The van der Waals surface area contributed by atoms with Gasteiger partial charge in [-0.1, -0.05) is 41.9 Å². The van der Waals surface area contributed by atoms with E-state index < -0.39 is 0 Å². The molecule has 0 atom stereocenters. The van der Waals surface area contributed by atoms with E-state index in [1.165, 1.54) is 0 Å². The topological polar surface area (TPSA) is 33.2 Å². The molecule has 3 rings (SSSR count). The zero-order valence-corrected chi connectivity index (χ0v) is 14.1. The Kier molecular flexibility index (Phi) is 4.74. The van der Waals surface area contributed by atoms with Gasteiger partial charge < -0.3 is 4.90 Å². The van der Waals surface area contributed by atoms with Crippen LogP contribution in [0, 0.1) is 0 Å². The minimum atomic E-state index is -0.0795. The van der Waals surface area contributed by atoms with Crippen molar-refractivity contribution in [1.82, 2.24) is 9.88 Å². The van der Waals surface area contributed by atoms with Gasteiger partial charge >= 0.3 is 0 Å². The van der Waals surface area contributed by atoms with Gasteiger partial charge in [-0.05, 0) is 29.8 Å². The maximum absolute atomic E-state index is 12.2. The maximum atomic E-state index is 12.2. The molecule has 5 heteroatoms. The molecule has 0 aliphatic rings. The predicted octanol–water partition coefficient (Wildman–Crippen LogP) is 4.62. The van der Waals surface area contributed by atoms with E-state index in [4.69, 9.17) is 11.6 Å². The Bertz CT molecular complexity index is 839. The SMILES string of the molecule is CN(Cc1ccccc1Cl)C(=O)C=Cc1nc2ccccc2s1. The Labute approximate surface area is 143 Å². The number of likely N-dealkylation sites (N-methyl/N-ethyl adjacent to an activating group) is 1. The van der Waals surface area contributed by atoms with Crippen LogP contribution in [0.15, 0.2) is 54.6 Å². The van der Waals surface area contributed by atoms with Gasteiger partial charge in [0, 0.05) is 24.7 Å². The highest BCUT2D eigenvalue weighted by Crippen LogP contribution is 2.22. The number of para-hydroxylation sites is 1. The van der Waals surface area contributed by atoms with Crippen molar-refractivity contribution in [3.05, 3.63) is 70.2 Å². The molecule has 116 valence electrons. The second kappa shape index (κ2) is 6.94. The summed E-state index contributed by atoms with van der Waals surface area (Å²) in [5.74, 6) is -0.0795. The molecule has 0 saturated carbocycles. The summed E-state index contributed by atoms with van der Waals surface area (Å²) in [6.07, 6.45) is 3.31. The summed E-state index contributed by atoms with van der Waals surface area (Å²) < 4.78 is 1.11. The lowest BCUT2D eigenvalue weighted by atomic mass is 10.2. The van der Waals surface area contributed by atoms with E-state index in [1.807, 2.05) is 48.5 Å². The van der Waals surface area contributed by atoms with Crippen LogP contribution >= 0.6 is 22.9 Å². The molecule has 0 fully saturated rings. The van der Waals surface area contributed by atoms with E-state index in [0.717, 1.165) is 20.8 Å². The predicted molar refractivity (Wildman–Crippen MR) is 96.6 cm³/mol. The Balaban J connectivity index is 1.69. The summed E-state index contributed by atoms with van der Waals surface area (Å²) in [5, 5.41) is 1.49. The molecule has 0 unspecified atom stereocenters. The minimum Gasteiger partial charge on any atom is -0.338 e. The van der Waals surface area contributed by atoms with E-state index in [-0.39, 0.29) is 5.91 Å². The lowest BCUT2D eigenvalue weighted by Crippen LogP contribution is -2.24. The summed E-state index contributed by atoms with van der Waals surface area (Å²) in [7, 11) is 1.76. The van der Waals surface area contributed by atoms with Crippen LogP contribution in [0.1, 0.15) is 10.6 Å². The van der Waals surface area contributed by atoms with Gasteiger partial charge in [-0.25, -0.2) is 4.98 Å². The van der Waals surface area contributed by atoms with Crippen LogP contribution in [0.5, 0.6) is 0 Å². The molecule has 23 heavy (non-hydrogen) atoms. The van der Waals surface area contributed by atoms with Crippen LogP contribution in [-0.4, -0.2) is 22.8 Å². The normalized spacial score (nSPS) is 11.2. The summed E-state index contributed by atoms with van der Waals surface area (Å²) in [6, 6.07) is 15.5. The van der Waals surface area contributed by atoms with Crippen LogP contribution < -0.4 is 0 Å². The first-order chi connectivity index (χ1) is 11.1. The number of hydrogen-bond donors (Lipinski definition) is 0. The number of thiazole rings is 1. The fourth-order valence-corrected chi connectivity index (χ4v) is 3.26. The molecule has 1 aromatic heterocycles. The fraction of sp³-hybridized carbons (Fsp3) is 0.111. The first kappa shape index (κ1) is 15.7. The number of carbonyl (C=O) groups excluding carboxylic acids is 1. The van der Waals surface area contributed by atoms with Crippen LogP contribution in [0.25, 0.3) is 16.3 Å². The van der Waals surface area contributed by atoms with E-state index in [2.05, 4.69) is 4.98 Å². The molecule has 3 aromatic rings. The van der Waals surface area contributed by atoms with Crippen molar-refractivity contribution < 1.29 is 4.79 Å². The number of rotatable bonds is 4. The molecule has 1 heterocycles. The maximum Gasteiger partial charge on any atom is 0.246 e. The highest BCUT2D eigenvalue weighted by molar-refractivity contribution is 7.19. The van der Waals surface area contributed by atoms with Crippen molar-refractivity contribution in [3.63, 3.8) is 0 Å². The number of carbonyl (C=O) groups is 1. The van der Waals surface area contributed by atoms with E-state index in [0.29, 0.717) is 11.6 Å². The molecule has 0 bridgehead atoms. The van der Waals surface area contributed by atoms with Crippen molar-refractivity contribution in [2.24, 2.45) is 0 Å². The smallest absolute Gasteiger partial charge is 0.246 e. The fourth-order valence-electron chi connectivity index (χ4n) is 2.19. The molecular formula is C18H15ClN2OS. The van der Waals surface area contributed by atoms with Gasteiger partial charge in [-0.15, -0.1) is 11.3 Å². The van der Waals surface area contributed by atoms with Gasteiger partial charge in [0.15, 0.2) is 0 Å². The molecule has 3 nitrogen and oxygen atoms in total. The van der Waals surface area contributed by atoms with E-state index in [9.17, 15) is 4.79 Å². The van der Waals surface area contributed by atoms with Crippen LogP contribution in [-0.2, 0) is 11.3 Å². The van der Waals surface area contributed by atoms with Gasteiger partial charge in [0.2, 0.25) is 5.91 Å². The first-order valence-electron chi connectivity index (χ1n) is 7.15. The lowest BCUT2D eigenvalue weighted by molar-refractivity contribution is -0.125. The van der Waals surface area contributed by atoms with Gasteiger partial charge in [0.05, 0.1) is 10.2 Å². The average molecular weight is 343 g/mol. The first-order valence-corrected chi connectivity index (χ1v) is 8.35. The molecule has 1 amide bonds. The number of nitrogens with zero attached hydrogens (tertiary/aromatic N) is 2. The summed E-state index contributed by atoms with van der Waals surface area (Å²) >= 11 is 7.69. The number of fused-ring (bicyclic) bond motifs is 1. The Morgan fingerprint density at radius 2 is 1.96 bits per heavy atom. The molecule has 0 radical (unpaired) electrons. The summed E-state index contributed by atoms with van der Waals surface area (Å²) in [4.78, 5) is 18.3. The monoisotopic (exact) mass is 342 g/mol. The van der Waals surface area contributed by atoms with Crippen LogP contribution in [0.3, 0.4) is 0 Å². The number of benzene rings is 2. The molecule has 0 spiro atoms. The molecule has 0 N–H and O–H groups in total. The highest BCUT2D eigenvalue weighted by Gasteiger charge is 2.08. The van der Waals surface area contributed by atoms with Crippen molar-refractivity contribution in [2.45, 2.75) is 6.54 Å². The van der Waals surface area contributed by atoms with Crippen LogP contribution in [0.2, 0.25) is 5.02 Å². The Hall–Kier alpha value is -2.17. The average Bonchev–Trinajstić information content (AvgIpc) is 2.97. The molecular weight excluding hydrogens is 328 g/mol. The van der Waals surface area contributed by atoms with Crippen LogP contribution in [0.4, 0.5) is 0 Å². The number of hydrogen-bond acceptors (Lipinski definition) is 3. The Morgan fingerprint density at radius 3 is 2.74 bits per heavy atom. The van der Waals surface area contributed by atoms with Crippen molar-refractivity contribution in [1.29, 1.82) is 0 Å². The summed E-state index contributed by atoms with van der Waals surface area (Å²) in [5.41, 5.74) is 1.88. The Morgan fingerprint density at radius 1 is 1.22 bits per heavy atom. The molecule has 0 aliphatic heterocycles. The number of aromatic nitrogens is 1. The second-order valence-corrected chi connectivity index (χ2v) is 6.61. The zero-order valence-electron chi connectivity index (χ0n) is 12.6. The van der Waals surface area contributed by atoms with E-state index in [1.54, 1.807) is 35.4 Å². The van der Waals surface area contributed by atoms with Gasteiger partial charge in [-0.2, -0.15) is 0 Å². The highest BCUT2D eigenvalue weighted by atomic mass is 35.5. The third kappa shape index (κ3) is 3.78. The van der Waals surface area contributed by atoms with Gasteiger partial charge in [-0.3, -0.25) is 4.79 Å². The number of halogens is 1. The van der Waals surface area contributed by atoms with Gasteiger partial charge in [0.1, 0.15) is 5.01 Å². The van der Waals surface area contributed by atoms with Crippen molar-refractivity contribution >= 4 is 45.1 Å². The van der Waals surface area contributed by atoms with Crippen molar-refractivity contribution in [3.8, 4) is 0 Å². The van der Waals surface area contributed by atoms with Crippen molar-refractivity contribution in [2.75, 3.05) is 7.05 Å². The molecule has 0 saturated heterocycles. The standard InChI is InChI=1S/C18H15ClN2OS/c1-21(12-13-6-2-3-7-14(13)19)18(22)11-10-17-20-15-8-4-5-9-16(15)23-17/h2-11H,12H2,1H3. The van der Waals surface area contributed by atoms with Gasteiger partial charge in [0.25, 0.3) is 0 Å². The summed E-state index contributed by atoms with van der Waals surface area (Å²) in [6.45, 7) is 0.475. The lowest BCUT2D eigenvalue weighted by Gasteiger charge is -2.15.